The van der Waals surface area contributed by atoms with E-state index in [1.54, 1.807) is 18.2 Å². The molecule has 6 nitrogen and oxygen atoms in total. The predicted octanol–water partition coefficient (Wildman–Crippen LogP) is 3.70. The molecule has 1 heterocycles. The number of nitrogens with zero attached hydrogens (tertiary/aromatic N) is 1. The summed E-state index contributed by atoms with van der Waals surface area (Å²) >= 11 is 11.9. The molecule has 174 valence electrons. The number of rotatable bonds is 10. The predicted molar refractivity (Wildman–Crippen MR) is 128 cm³/mol. The second kappa shape index (κ2) is 12.6. The normalized spacial score (nSPS) is 20.6. The van der Waals surface area contributed by atoms with Gasteiger partial charge in [0.2, 0.25) is 5.91 Å². The summed E-state index contributed by atoms with van der Waals surface area (Å²) in [5.41, 5.74) is 6.23. The van der Waals surface area contributed by atoms with Crippen LogP contribution in [0.4, 0.5) is 0 Å². The van der Waals surface area contributed by atoms with E-state index in [0.717, 1.165) is 25.8 Å². The molecule has 4 N–H and O–H groups in total. The van der Waals surface area contributed by atoms with Gasteiger partial charge >= 0.3 is 0 Å². The highest BCUT2D eigenvalue weighted by atomic mass is 35.5. The zero-order valence-corrected chi connectivity index (χ0v) is 20.3. The molecule has 3 atom stereocenters. The lowest BCUT2D eigenvalue weighted by atomic mass is 9.94. The standard InChI is InChI=1S/C23H36Cl2N4O2/c1-4-16(11-15(2)3)14-29-10-8-18(28-21(7-9-26)23(29)31)13-27-22(30)17-5-6-19(24)20(25)12-17/h5-6,12,15-16,18,21,28H,4,7-11,13-14,26H2,1-3H3,(H,27,30)/t16?,18-,21?/m0/s1. The molecule has 2 rings (SSSR count). The first-order valence-electron chi connectivity index (χ1n) is 11.2. The SMILES string of the molecule is CCC(CC(C)C)CN1CC[C@@H](CNC(=O)c2ccc(Cl)c(Cl)c2)NC(CCN)C1=O. The Labute approximate surface area is 196 Å². The molecule has 0 aliphatic carbocycles. The van der Waals surface area contributed by atoms with Crippen molar-refractivity contribution >= 4 is 35.0 Å². The van der Waals surface area contributed by atoms with E-state index < -0.39 is 0 Å². The Morgan fingerprint density at radius 2 is 2.06 bits per heavy atom. The summed E-state index contributed by atoms with van der Waals surface area (Å²) in [5.74, 6) is 1.000. The molecule has 1 aliphatic rings. The number of nitrogens with one attached hydrogen (secondary N) is 2. The van der Waals surface area contributed by atoms with E-state index in [4.69, 9.17) is 28.9 Å². The van der Waals surface area contributed by atoms with E-state index >= 15 is 0 Å². The fraction of sp³-hybridized carbons (Fsp3) is 0.652. The van der Waals surface area contributed by atoms with Gasteiger partial charge < -0.3 is 21.3 Å². The van der Waals surface area contributed by atoms with Gasteiger partial charge in [-0.1, -0.05) is 50.4 Å². The summed E-state index contributed by atoms with van der Waals surface area (Å²) < 4.78 is 0. The molecule has 31 heavy (non-hydrogen) atoms. The Morgan fingerprint density at radius 1 is 1.32 bits per heavy atom. The van der Waals surface area contributed by atoms with E-state index in [1.165, 1.54) is 0 Å². The van der Waals surface area contributed by atoms with Gasteiger partial charge in [-0.05, 0) is 55.8 Å². The molecule has 0 spiro atoms. The zero-order chi connectivity index (χ0) is 23.0. The molecular weight excluding hydrogens is 435 g/mol. The lowest BCUT2D eigenvalue weighted by molar-refractivity contribution is -0.133. The molecule has 0 aromatic heterocycles. The maximum absolute atomic E-state index is 13.1. The van der Waals surface area contributed by atoms with Gasteiger partial charge in [-0.15, -0.1) is 0 Å². The van der Waals surface area contributed by atoms with Crippen LogP contribution in [0.15, 0.2) is 18.2 Å². The molecule has 1 fully saturated rings. The van der Waals surface area contributed by atoms with Crippen molar-refractivity contribution in [2.24, 2.45) is 17.6 Å². The van der Waals surface area contributed by atoms with Crippen LogP contribution in [0.2, 0.25) is 10.0 Å². The van der Waals surface area contributed by atoms with Crippen molar-refractivity contribution in [3.05, 3.63) is 33.8 Å². The van der Waals surface area contributed by atoms with Crippen molar-refractivity contribution < 1.29 is 9.59 Å². The van der Waals surface area contributed by atoms with Crippen LogP contribution >= 0.6 is 23.2 Å². The number of hydrogen-bond donors (Lipinski definition) is 3. The van der Waals surface area contributed by atoms with E-state index in [9.17, 15) is 9.59 Å². The number of carbonyl (C=O) groups is 2. The molecule has 8 heteroatoms. The van der Waals surface area contributed by atoms with Crippen LogP contribution in [-0.2, 0) is 4.79 Å². The Morgan fingerprint density at radius 3 is 2.68 bits per heavy atom. The summed E-state index contributed by atoms with van der Waals surface area (Å²) in [6.45, 7) is 8.93. The molecule has 1 aromatic rings. The second-order valence-corrected chi connectivity index (χ2v) is 9.62. The smallest absolute Gasteiger partial charge is 0.251 e. The number of hydrogen-bond acceptors (Lipinski definition) is 4. The van der Waals surface area contributed by atoms with Crippen LogP contribution in [0.25, 0.3) is 0 Å². The molecule has 2 amide bonds. The van der Waals surface area contributed by atoms with Gasteiger partial charge in [0.1, 0.15) is 0 Å². The number of benzene rings is 1. The van der Waals surface area contributed by atoms with Crippen molar-refractivity contribution in [3.63, 3.8) is 0 Å². The van der Waals surface area contributed by atoms with Crippen molar-refractivity contribution in [2.75, 3.05) is 26.2 Å². The van der Waals surface area contributed by atoms with Gasteiger partial charge in [0.25, 0.3) is 5.91 Å². The molecular formula is C23H36Cl2N4O2. The number of nitrogens with two attached hydrogens (primary N) is 1. The molecule has 0 radical (unpaired) electrons. The highest BCUT2D eigenvalue weighted by Crippen LogP contribution is 2.23. The molecule has 1 aliphatic heterocycles. The lowest BCUT2D eigenvalue weighted by Gasteiger charge is -2.29. The van der Waals surface area contributed by atoms with Crippen molar-refractivity contribution in [2.45, 2.75) is 58.5 Å². The van der Waals surface area contributed by atoms with Crippen molar-refractivity contribution in [1.29, 1.82) is 0 Å². The van der Waals surface area contributed by atoms with Gasteiger partial charge in [-0.25, -0.2) is 0 Å². The average molecular weight is 471 g/mol. The van der Waals surface area contributed by atoms with Crippen molar-refractivity contribution in [3.8, 4) is 0 Å². The van der Waals surface area contributed by atoms with Gasteiger partial charge in [-0.3, -0.25) is 9.59 Å². The van der Waals surface area contributed by atoms with Crippen LogP contribution in [-0.4, -0.2) is 55.0 Å². The van der Waals surface area contributed by atoms with E-state index in [-0.39, 0.29) is 23.9 Å². The molecule has 0 saturated carbocycles. The van der Waals surface area contributed by atoms with E-state index in [0.29, 0.717) is 53.5 Å². The Bertz CT molecular complexity index is 744. The zero-order valence-electron chi connectivity index (χ0n) is 18.8. The van der Waals surface area contributed by atoms with Crippen LogP contribution in [0.1, 0.15) is 56.8 Å². The van der Waals surface area contributed by atoms with E-state index in [2.05, 4.69) is 31.4 Å². The fourth-order valence-corrected chi connectivity index (χ4v) is 4.40. The first kappa shape index (κ1) is 25.9. The molecule has 1 saturated heterocycles. The van der Waals surface area contributed by atoms with Crippen molar-refractivity contribution in [1.82, 2.24) is 15.5 Å². The number of amides is 2. The van der Waals surface area contributed by atoms with Gasteiger partial charge in [-0.2, -0.15) is 0 Å². The second-order valence-electron chi connectivity index (χ2n) is 8.81. The van der Waals surface area contributed by atoms with Crippen LogP contribution in [0, 0.1) is 11.8 Å². The van der Waals surface area contributed by atoms with E-state index in [1.807, 2.05) is 4.90 Å². The van der Waals surface area contributed by atoms with Crippen LogP contribution < -0.4 is 16.4 Å². The Kier molecular flexibility index (Phi) is 10.6. The summed E-state index contributed by atoms with van der Waals surface area (Å²) in [6.07, 6.45) is 3.51. The third-order valence-electron chi connectivity index (χ3n) is 5.80. The fourth-order valence-electron chi connectivity index (χ4n) is 4.10. The quantitative estimate of drug-likeness (QED) is 0.486. The average Bonchev–Trinajstić information content (AvgIpc) is 2.87. The minimum Gasteiger partial charge on any atom is -0.350 e. The first-order chi connectivity index (χ1) is 14.7. The van der Waals surface area contributed by atoms with Gasteiger partial charge in [0.05, 0.1) is 16.1 Å². The Hall–Kier alpha value is -1.34. The summed E-state index contributed by atoms with van der Waals surface area (Å²) in [5, 5.41) is 7.13. The lowest BCUT2D eigenvalue weighted by Crippen LogP contribution is -2.50. The molecule has 0 bridgehead atoms. The highest BCUT2D eigenvalue weighted by Gasteiger charge is 2.31. The highest BCUT2D eigenvalue weighted by molar-refractivity contribution is 6.42. The third kappa shape index (κ3) is 7.94. The van der Waals surface area contributed by atoms with Crippen LogP contribution in [0.3, 0.4) is 0 Å². The maximum Gasteiger partial charge on any atom is 0.251 e. The number of carbonyl (C=O) groups excluding carboxylic acids is 2. The summed E-state index contributed by atoms with van der Waals surface area (Å²) in [6, 6.07) is 4.48. The van der Waals surface area contributed by atoms with Gasteiger partial charge in [0.15, 0.2) is 0 Å². The molecule has 2 unspecified atom stereocenters. The van der Waals surface area contributed by atoms with Crippen LogP contribution in [0.5, 0.6) is 0 Å². The third-order valence-corrected chi connectivity index (χ3v) is 6.54. The largest absolute Gasteiger partial charge is 0.350 e. The molecule has 1 aromatic carbocycles. The summed E-state index contributed by atoms with van der Waals surface area (Å²) in [7, 11) is 0. The van der Waals surface area contributed by atoms with Gasteiger partial charge in [0, 0.05) is 31.2 Å². The monoisotopic (exact) mass is 470 g/mol. The Balaban J connectivity index is 2.01. The topological polar surface area (TPSA) is 87.5 Å². The minimum atomic E-state index is -0.323. The number of halogens is 2. The maximum atomic E-state index is 13.1. The first-order valence-corrected chi connectivity index (χ1v) is 12.0. The summed E-state index contributed by atoms with van der Waals surface area (Å²) in [4.78, 5) is 27.7. The minimum absolute atomic E-state index is 0.0117.